The first kappa shape index (κ1) is 15.0. The van der Waals surface area contributed by atoms with Crippen LogP contribution in [0.1, 0.15) is 18.1 Å². The molecule has 5 heteroatoms. The van der Waals surface area contributed by atoms with Crippen molar-refractivity contribution in [1.29, 1.82) is 0 Å². The topological polar surface area (TPSA) is 60.5 Å². The van der Waals surface area contributed by atoms with Gasteiger partial charge in [-0.1, -0.05) is 6.58 Å². The van der Waals surface area contributed by atoms with Gasteiger partial charge in [-0.05, 0) is 37.1 Å². The van der Waals surface area contributed by atoms with E-state index in [-0.39, 0.29) is 11.6 Å². The summed E-state index contributed by atoms with van der Waals surface area (Å²) in [6.07, 6.45) is 2.08. The number of aromatic nitrogens is 1. The molecule has 2 aromatic rings. The third-order valence-corrected chi connectivity index (χ3v) is 4.94. The number of benzene rings is 1. The summed E-state index contributed by atoms with van der Waals surface area (Å²) >= 11 is 0. The second kappa shape index (κ2) is 4.98. The van der Waals surface area contributed by atoms with E-state index in [9.17, 15) is 4.79 Å². The fourth-order valence-electron chi connectivity index (χ4n) is 3.68. The van der Waals surface area contributed by atoms with Gasteiger partial charge >= 0.3 is 0 Å². The molecule has 2 aliphatic rings. The lowest BCUT2D eigenvalue weighted by Crippen LogP contribution is -2.39. The van der Waals surface area contributed by atoms with Crippen LogP contribution in [-0.4, -0.2) is 23.8 Å². The molecule has 0 spiro atoms. The van der Waals surface area contributed by atoms with Gasteiger partial charge in [0.2, 0.25) is 0 Å². The molecule has 2 aliphatic heterocycles. The highest BCUT2D eigenvalue weighted by molar-refractivity contribution is 6.01. The Labute approximate surface area is 140 Å². The summed E-state index contributed by atoms with van der Waals surface area (Å²) in [5.74, 6) is 0.729. The van der Waals surface area contributed by atoms with Crippen molar-refractivity contribution in [3.05, 3.63) is 52.0 Å². The van der Waals surface area contributed by atoms with Gasteiger partial charge in [-0.25, -0.2) is 0 Å². The smallest absolute Gasteiger partial charge is 0.251 e. The number of allylic oxidation sites excluding steroid dienone is 2. The molecule has 0 bridgehead atoms. The van der Waals surface area contributed by atoms with Gasteiger partial charge in [0.1, 0.15) is 6.61 Å². The van der Waals surface area contributed by atoms with Crippen LogP contribution < -0.4 is 20.9 Å². The summed E-state index contributed by atoms with van der Waals surface area (Å²) in [5, 5.41) is 1.03. The summed E-state index contributed by atoms with van der Waals surface area (Å²) in [7, 11) is 1.78. The van der Waals surface area contributed by atoms with Crippen molar-refractivity contribution >= 4 is 22.2 Å². The van der Waals surface area contributed by atoms with Crippen LogP contribution >= 0.6 is 0 Å². The van der Waals surface area contributed by atoms with Crippen molar-refractivity contribution in [2.75, 3.05) is 18.1 Å². The molecule has 1 aromatic heterocycles. The normalized spacial score (nSPS) is 19.7. The summed E-state index contributed by atoms with van der Waals surface area (Å²) in [6.45, 7) is 9.27. The van der Waals surface area contributed by atoms with Crippen LogP contribution in [0, 0.1) is 6.92 Å². The van der Waals surface area contributed by atoms with E-state index in [1.54, 1.807) is 17.7 Å². The SMILES string of the molecule is C=C1C=C(C)c2cc3c(C)cc(=O)n(C)c3c3c2N1CC(N)CO3. The first-order chi connectivity index (χ1) is 11.4. The van der Waals surface area contributed by atoms with Crippen molar-refractivity contribution in [1.82, 2.24) is 4.57 Å². The van der Waals surface area contributed by atoms with Crippen LogP contribution in [0.3, 0.4) is 0 Å². The lowest BCUT2D eigenvalue weighted by Gasteiger charge is -2.32. The number of anilines is 1. The summed E-state index contributed by atoms with van der Waals surface area (Å²) in [4.78, 5) is 14.4. The van der Waals surface area contributed by atoms with E-state index in [2.05, 4.69) is 30.5 Å². The number of aryl methyl sites for hydroxylation is 2. The average Bonchev–Trinajstić information content (AvgIpc) is 2.70. The maximum atomic E-state index is 12.3. The van der Waals surface area contributed by atoms with E-state index in [4.69, 9.17) is 10.5 Å². The van der Waals surface area contributed by atoms with Gasteiger partial charge in [-0.3, -0.25) is 4.79 Å². The predicted octanol–water partition coefficient (Wildman–Crippen LogP) is 2.30. The lowest BCUT2D eigenvalue weighted by atomic mass is 9.94. The molecule has 24 heavy (non-hydrogen) atoms. The zero-order valence-electron chi connectivity index (χ0n) is 14.2. The maximum Gasteiger partial charge on any atom is 0.251 e. The number of rotatable bonds is 0. The van der Waals surface area contributed by atoms with Gasteiger partial charge in [0.05, 0.1) is 17.2 Å². The van der Waals surface area contributed by atoms with Gasteiger partial charge in [-0.2, -0.15) is 0 Å². The van der Waals surface area contributed by atoms with Gasteiger partial charge in [0.25, 0.3) is 5.56 Å². The van der Waals surface area contributed by atoms with Gasteiger partial charge in [0, 0.05) is 36.3 Å². The number of nitrogens with two attached hydrogens (primary N) is 1. The molecule has 0 saturated carbocycles. The summed E-state index contributed by atoms with van der Waals surface area (Å²) in [6, 6.07) is 3.70. The van der Waals surface area contributed by atoms with E-state index in [1.807, 2.05) is 6.92 Å². The van der Waals surface area contributed by atoms with Gasteiger partial charge in [-0.15, -0.1) is 0 Å². The van der Waals surface area contributed by atoms with E-state index >= 15 is 0 Å². The molecular formula is C19H21N3O2. The van der Waals surface area contributed by atoms with Gasteiger partial charge < -0.3 is 19.9 Å². The summed E-state index contributed by atoms with van der Waals surface area (Å²) < 4.78 is 7.77. The Hall–Kier alpha value is -2.53. The molecule has 0 radical (unpaired) electrons. The Kier molecular flexibility index (Phi) is 3.12. The summed E-state index contributed by atoms with van der Waals surface area (Å²) in [5.41, 5.74) is 12.1. The Morgan fingerprint density at radius 2 is 2.08 bits per heavy atom. The van der Waals surface area contributed by atoms with Crippen LogP contribution in [0.4, 0.5) is 5.69 Å². The first-order valence-corrected chi connectivity index (χ1v) is 8.09. The zero-order valence-corrected chi connectivity index (χ0v) is 14.2. The number of pyridine rings is 1. The lowest BCUT2D eigenvalue weighted by molar-refractivity contribution is 0.302. The molecule has 0 aliphatic carbocycles. The zero-order chi connectivity index (χ0) is 17.2. The monoisotopic (exact) mass is 323 g/mol. The maximum absolute atomic E-state index is 12.3. The molecule has 2 N–H and O–H groups in total. The minimum Gasteiger partial charge on any atom is -0.487 e. The predicted molar refractivity (Wildman–Crippen MR) is 97.5 cm³/mol. The number of ether oxygens (including phenoxy) is 1. The molecule has 1 atom stereocenters. The van der Waals surface area contributed by atoms with Crippen molar-refractivity contribution in [3.63, 3.8) is 0 Å². The van der Waals surface area contributed by atoms with Crippen LogP contribution in [-0.2, 0) is 7.05 Å². The highest BCUT2D eigenvalue weighted by Crippen LogP contribution is 2.47. The molecule has 4 rings (SSSR count). The Morgan fingerprint density at radius 3 is 2.83 bits per heavy atom. The van der Waals surface area contributed by atoms with E-state index in [1.165, 1.54) is 0 Å². The third-order valence-electron chi connectivity index (χ3n) is 4.94. The largest absolute Gasteiger partial charge is 0.487 e. The Morgan fingerprint density at radius 1 is 1.33 bits per heavy atom. The Bertz CT molecular complexity index is 984. The molecule has 1 unspecified atom stereocenters. The molecule has 1 aromatic carbocycles. The van der Waals surface area contributed by atoms with Crippen molar-refractivity contribution in [2.24, 2.45) is 12.8 Å². The molecular weight excluding hydrogens is 302 g/mol. The molecule has 0 saturated heterocycles. The van der Waals surface area contributed by atoms with Crippen LogP contribution in [0.15, 0.2) is 35.3 Å². The minimum atomic E-state index is -0.120. The quantitative estimate of drug-likeness (QED) is 0.808. The number of hydrogen-bond acceptors (Lipinski definition) is 4. The van der Waals surface area contributed by atoms with E-state index in [0.717, 1.165) is 44.7 Å². The molecule has 0 amide bonds. The van der Waals surface area contributed by atoms with Crippen LogP contribution in [0.2, 0.25) is 0 Å². The Balaban J connectivity index is 2.21. The molecule has 3 heterocycles. The second-order valence-corrected chi connectivity index (χ2v) is 6.72. The highest BCUT2D eigenvalue weighted by atomic mass is 16.5. The fourth-order valence-corrected chi connectivity index (χ4v) is 3.68. The van der Waals surface area contributed by atoms with E-state index < -0.39 is 0 Å². The van der Waals surface area contributed by atoms with Crippen LogP contribution in [0.25, 0.3) is 16.5 Å². The second-order valence-electron chi connectivity index (χ2n) is 6.72. The van der Waals surface area contributed by atoms with Crippen molar-refractivity contribution in [2.45, 2.75) is 19.9 Å². The average molecular weight is 323 g/mol. The highest BCUT2D eigenvalue weighted by Gasteiger charge is 2.31. The number of hydrogen-bond donors (Lipinski definition) is 1. The van der Waals surface area contributed by atoms with E-state index in [0.29, 0.717) is 13.2 Å². The molecule has 5 nitrogen and oxygen atoms in total. The van der Waals surface area contributed by atoms with Crippen LogP contribution in [0.5, 0.6) is 5.75 Å². The van der Waals surface area contributed by atoms with Gasteiger partial charge in [0.15, 0.2) is 5.75 Å². The van der Waals surface area contributed by atoms with Crippen molar-refractivity contribution < 1.29 is 4.74 Å². The standard InChI is InChI=1S/C19H21N3O2/c1-10-5-12(3)22-8-13(20)9-24-19-17-14(7-15(10)18(19)22)11(2)6-16(23)21(17)4/h5-7,13H,3,8-9,20H2,1-2,4H3. The molecule has 124 valence electrons. The minimum absolute atomic E-state index is 0.0400. The molecule has 0 fully saturated rings. The van der Waals surface area contributed by atoms with Crippen molar-refractivity contribution in [3.8, 4) is 5.75 Å². The fraction of sp³-hybridized carbons (Fsp3) is 0.316. The third kappa shape index (κ3) is 1.94. The number of fused-ring (bicyclic) bond motifs is 2. The number of nitrogens with zero attached hydrogens (tertiary/aromatic N) is 2. The first-order valence-electron chi connectivity index (χ1n) is 8.09.